The van der Waals surface area contributed by atoms with Gasteiger partial charge < -0.3 is 5.11 Å². The van der Waals surface area contributed by atoms with Gasteiger partial charge in [0.15, 0.2) is 0 Å². The van der Waals surface area contributed by atoms with Gasteiger partial charge in [-0.15, -0.1) is 0 Å². The van der Waals surface area contributed by atoms with E-state index in [1.54, 1.807) is 6.08 Å². The van der Waals surface area contributed by atoms with Crippen LogP contribution in [0.25, 0.3) is 0 Å². The van der Waals surface area contributed by atoms with E-state index in [1.807, 2.05) is 6.08 Å². The second-order valence-corrected chi connectivity index (χ2v) is 4.30. The van der Waals surface area contributed by atoms with Gasteiger partial charge in [0.1, 0.15) is 5.01 Å². The van der Waals surface area contributed by atoms with Gasteiger partial charge in [0.05, 0.1) is 0 Å². The fraction of sp³-hybridized carbons (Fsp3) is 0.818. The Morgan fingerprint density at radius 2 is 1.77 bits per heavy atom. The third-order valence-electron chi connectivity index (χ3n) is 2.02. The lowest BCUT2D eigenvalue weighted by Crippen LogP contribution is -1.85. The van der Waals surface area contributed by atoms with Crippen LogP contribution in [0.2, 0.25) is 0 Å². The van der Waals surface area contributed by atoms with Crippen LogP contribution in [-0.4, -0.2) is 10.1 Å². The van der Waals surface area contributed by atoms with E-state index in [4.69, 9.17) is 5.11 Å². The van der Waals surface area contributed by atoms with Crippen molar-refractivity contribution in [2.24, 2.45) is 0 Å². The van der Waals surface area contributed by atoms with Crippen molar-refractivity contribution in [3.05, 3.63) is 12.2 Å². The average molecular weight is 249 g/mol. The Hall–Kier alpha value is 0.180. The molecule has 13 heavy (non-hydrogen) atoms. The summed E-state index contributed by atoms with van der Waals surface area (Å²) in [4.78, 5) is 0. The summed E-state index contributed by atoms with van der Waals surface area (Å²) in [6.07, 6.45) is 12.9. The molecule has 0 saturated heterocycles. The molecule has 1 unspecified atom stereocenters. The first kappa shape index (κ1) is 13.2. The number of hydrogen-bond donors (Lipinski definition) is 1. The number of aliphatic hydroxyl groups is 1. The standard InChI is InChI=1S/C11H21BrO/c1-2-3-4-5-6-7-8-9-10-11(12)13/h9-11,13H,2-8H2,1H3/b10-9+. The maximum Gasteiger partial charge on any atom is 0.127 e. The molecule has 0 radical (unpaired) electrons. The molecule has 0 aromatic rings. The van der Waals surface area contributed by atoms with Crippen LogP contribution in [0.1, 0.15) is 51.9 Å². The Morgan fingerprint density at radius 3 is 2.38 bits per heavy atom. The van der Waals surface area contributed by atoms with Gasteiger partial charge in [0.25, 0.3) is 0 Å². The van der Waals surface area contributed by atoms with Crippen molar-refractivity contribution in [2.45, 2.75) is 56.9 Å². The molecular weight excluding hydrogens is 228 g/mol. The van der Waals surface area contributed by atoms with Crippen LogP contribution in [0.3, 0.4) is 0 Å². The summed E-state index contributed by atoms with van der Waals surface area (Å²) >= 11 is 3.05. The zero-order chi connectivity index (χ0) is 9.94. The predicted octanol–water partition coefficient (Wildman–Crippen LogP) is 4.01. The van der Waals surface area contributed by atoms with Crippen LogP contribution < -0.4 is 0 Å². The van der Waals surface area contributed by atoms with Crippen LogP contribution in [0.4, 0.5) is 0 Å². The number of allylic oxidation sites excluding steroid dienone is 1. The molecule has 0 saturated carbocycles. The van der Waals surface area contributed by atoms with Gasteiger partial charge in [-0.25, -0.2) is 0 Å². The average Bonchev–Trinajstić information content (AvgIpc) is 2.09. The lowest BCUT2D eigenvalue weighted by Gasteiger charge is -1.97. The molecular formula is C11H21BrO. The van der Waals surface area contributed by atoms with E-state index < -0.39 is 5.01 Å². The molecule has 0 aliphatic carbocycles. The molecule has 0 aromatic heterocycles. The van der Waals surface area contributed by atoms with Gasteiger partial charge in [0, 0.05) is 0 Å². The summed E-state index contributed by atoms with van der Waals surface area (Å²) in [5, 5.41) is 8.39. The summed E-state index contributed by atoms with van der Waals surface area (Å²) in [5.41, 5.74) is 0. The highest BCUT2D eigenvalue weighted by molar-refractivity contribution is 9.09. The first-order valence-corrected chi connectivity index (χ1v) is 6.17. The fourth-order valence-electron chi connectivity index (χ4n) is 1.25. The highest BCUT2D eigenvalue weighted by Crippen LogP contribution is 2.07. The first-order chi connectivity index (χ1) is 6.27. The Balaban J connectivity index is 2.99. The Morgan fingerprint density at radius 1 is 1.15 bits per heavy atom. The van der Waals surface area contributed by atoms with Crippen molar-refractivity contribution in [3.8, 4) is 0 Å². The van der Waals surface area contributed by atoms with Crippen molar-refractivity contribution in [3.63, 3.8) is 0 Å². The van der Waals surface area contributed by atoms with Crippen LogP contribution in [-0.2, 0) is 0 Å². The van der Waals surface area contributed by atoms with Gasteiger partial charge in [-0.1, -0.05) is 61.0 Å². The van der Waals surface area contributed by atoms with E-state index in [0.717, 1.165) is 6.42 Å². The minimum atomic E-state index is -0.465. The van der Waals surface area contributed by atoms with Crippen LogP contribution in [0.5, 0.6) is 0 Å². The SMILES string of the molecule is CCCCCCCC/C=C/C(O)Br. The third kappa shape index (κ3) is 12.2. The van der Waals surface area contributed by atoms with E-state index >= 15 is 0 Å². The van der Waals surface area contributed by atoms with Gasteiger partial charge in [-0.2, -0.15) is 0 Å². The van der Waals surface area contributed by atoms with Gasteiger partial charge in [0.2, 0.25) is 0 Å². The van der Waals surface area contributed by atoms with Gasteiger partial charge >= 0.3 is 0 Å². The number of unbranched alkanes of at least 4 members (excludes halogenated alkanes) is 6. The van der Waals surface area contributed by atoms with Crippen molar-refractivity contribution < 1.29 is 5.11 Å². The predicted molar refractivity (Wildman–Crippen MR) is 62.1 cm³/mol. The largest absolute Gasteiger partial charge is 0.378 e. The fourth-order valence-corrected chi connectivity index (χ4v) is 1.47. The maximum atomic E-state index is 8.85. The summed E-state index contributed by atoms with van der Waals surface area (Å²) < 4.78 is 0. The van der Waals surface area contributed by atoms with E-state index in [1.165, 1.54) is 38.5 Å². The highest BCUT2D eigenvalue weighted by Gasteiger charge is 1.89. The first-order valence-electron chi connectivity index (χ1n) is 5.26. The molecule has 78 valence electrons. The molecule has 0 aromatic carbocycles. The van der Waals surface area contributed by atoms with Crippen molar-refractivity contribution in [2.75, 3.05) is 0 Å². The number of hydrogen-bond acceptors (Lipinski definition) is 1. The lowest BCUT2D eigenvalue weighted by molar-refractivity contribution is 0.316. The molecule has 1 N–H and O–H groups in total. The smallest absolute Gasteiger partial charge is 0.127 e. The second kappa shape index (κ2) is 10.3. The van der Waals surface area contributed by atoms with Crippen molar-refractivity contribution in [1.82, 2.24) is 0 Å². The molecule has 0 heterocycles. The molecule has 0 rings (SSSR count). The molecule has 2 heteroatoms. The molecule has 1 atom stereocenters. The van der Waals surface area contributed by atoms with Crippen LogP contribution in [0.15, 0.2) is 12.2 Å². The summed E-state index contributed by atoms with van der Waals surface area (Å²) in [6.45, 7) is 2.24. The molecule has 0 bridgehead atoms. The van der Waals surface area contributed by atoms with Gasteiger partial charge in [-0.3, -0.25) is 0 Å². The van der Waals surface area contributed by atoms with E-state index in [0.29, 0.717) is 0 Å². The van der Waals surface area contributed by atoms with Crippen molar-refractivity contribution >= 4 is 15.9 Å². The topological polar surface area (TPSA) is 20.2 Å². The minimum absolute atomic E-state index is 0.465. The zero-order valence-corrected chi connectivity index (χ0v) is 10.1. The molecule has 0 aliphatic rings. The van der Waals surface area contributed by atoms with E-state index in [-0.39, 0.29) is 0 Å². The zero-order valence-electron chi connectivity index (χ0n) is 8.51. The van der Waals surface area contributed by atoms with Crippen LogP contribution in [0, 0.1) is 0 Å². The molecule has 0 spiro atoms. The monoisotopic (exact) mass is 248 g/mol. The van der Waals surface area contributed by atoms with Gasteiger partial charge in [-0.05, 0) is 18.9 Å². The quantitative estimate of drug-likeness (QED) is 0.391. The normalized spacial score (nSPS) is 13.8. The number of alkyl halides is 1. The van der Waals surface area contributed by atoms with E-state index in [9.17, 15) is 0 Å². The maximum absolute atomic E-state index is 8.85. The second-order valence-electron chi connectivity index (χ2n) is 3.36. The van der Waals surface area contributed by atoms with E-state index in [2.05, 4.69) is 22.9 Å². The summed E-state index contributed by atoms with van der Waals surface area (Å²) in [7, 11) is 0. The Kier molecular flexibility index (Phi) is 10.4. The lowest BCUT2D eigenvalue weighted by atomic mass is 10.1. The molecule has 0 amide bonds. The molecule has 0 aliphatic heterocycles. The number of rotatable bonds is 8. The van der Waals surface area contributed by atoms with Crippen molar-refractivity contribution in [1.29, 1.82) is 0 Å². The summed E-state index contributed by atoms with van der Waals surface area (Å²) in [5.74, 6) is 0. The Bertz CT molecular complexity index is 121. The van der Waals surface area contributed by atoms with Crippen LogP contribution >= 0.6 is 15.9 Å². The highest BCUT2D eigenvalue weighted by atomic mass is 79.9. The molecule has 0 fully saturated rings. The number of aliphatic hydroxyl groups excluding tert-OH is 1. The Labute approximate surface area is 90.4 Å². The minimum Gasteiger partial charge on any atom is -0.378 e. The summed E-state index contributed by atoms with van der Waals surface area (Å²) in [6, 6.07) is 0. The third-order valence-corrected chi connectivity index (χ3v) is 2.32. The molecule has 1 nitrogen and oxygen atoms in total. The number of halogens is 1.